The van der Waals surface area contributed by atoms with Gasteiger partial charge in [-0.3, -0.25) is 4.79 Å². The van der Waals surface area contributed by atoms with E-state index in [1.54, 1.807) is 6.20 Å². The summed E-state index contributed by atoms with van der Waals surface area (Å²) in [6.45, 7) is 7.60. The van der Waals surface area contributed by atoms with Crippen LogP contribution in [0.25, 0.3) is 5.57 Å². The summed E-state index contributed by atoms with van der Waals surface area (Å²) in [5.74, 6) is -0.350. The van der Waals surface area contributed by atoms with Crippen LogP contribution in [0.1, 0.15) is 40.3 Å². The highest BCUT2D eigenvalue weighted by molar-refractivity contribution is 7.12. The van der Waals surface area contributed by atoms with Crippen molar-refractivity contribution < 1.29 is 4.79 Å². The Balaban J connectivity index is 2.14. The second kappa shape index (κ2) is 6.19. The third kappa shape index (κ3) is 3.37. The van der Waals surface area contributed by atoms with Crippen LogP contribution in [0.2, 0.25) is 5.02 Å². The van der Waals surface area contributed by atoms with Crippen LogP contribution < -0.4 is 11.1 Å². The summed E-state index contributed by atoms with van der Waals surface area (Å²) in [6, 6.07) is -0.275. The van der Waals surface area contributed by atoms with Crippen molar-refractivity contribution in [1.82, 2.24) is 20.3 Å². The minimum absolute atomic E-state index is 0.0453. The van der Waals surface area contributed by atoms with Gasteiger partial charge < -0.3 is 11.1 Å². The van der Waals surface area contributed by atoms with E-state index in [9.17, 15) is 4.79 Å². The minimum atomic E-state index is -0.423. The molecule has 8 heteroatoms. The van der Waals surface area contributed by atoms with Crippen molar-refractivity contribution in [3.05, 3.63) is 39.7 Å². The monoisotopic (exact) mass is 323 g/mol. The van der Waals surface area contributed by atoms with Crippen molar-refractivity contribution >= 4 is 40.2 Å². The fourth-order valence-electron chi connectivity index (χ4n) is 1.55. The predicted octanol–water partition coefficient (Wildman–Crippen LogP) is 2.69. The first-order valence-corrected chi connectivity index (χ1v) is 7.28. The van der Waals surface area contributed by atoms with Crippen LogP contribution in [0.4, 0.5) is 5.82 Å². The first kappa shape index (κ1) is 15.4. The van der Waals surface area contributed by atoms with Gasteiger partial charge in [-0.05, 0) is 19.4 Å². The number of amides is 1. The van der Waals surface area contributed by atoms with Crippen LogP contribution in [-0.4, -0.2) is 20.9 Å². The van der Waals surface area contributed by atoms with Crippen LogP contribution in [-0.2, 0) is 0 Å². The molecule has 0 saturated heterocycles. The Morgan fingerprint density at radius 1 is 1.48 bits per heavy atom. The zero-order valence-corrected chi connectivity index (χ0v) is 13.1. The standard InChI is InChI=1S/C13H14ClN5OS/c1-6(2)8-4-16-13(21-8)7(3)19-12(20)10-9(14)11(15)18-5-17-10/h4-5,7H,1H2,2-3H3,(H,19,20)(H2,15,17,18)/t7-/m1/s1. The summed E-state index contributed by atoms with van der Waals surface area (Å²) in [5.41, 5.74) is 6.54. The topological polar surface area (TPSA) is 93.8 Å². The number of thiazole rings is 1. The molecule has 0 bridgehead atoms. The number of nitrogens with two attached hydrogens (primary N) is 1. The normalized spacial score (nSPS) is 12.0. The highest BCUT2D eigenvalue weighted by Crippen LogP contribution is 2.25. The van der Waals surface area contributed by atoms with Crippen LogP contribution in [0.15, 0.2) is 19.1 Å². The zero-order chi connectivity index (χ0) is 15.6. The first-order valence-electron chi connectivity index (χ1n) is 6.08. The Hall–Kier alpha value is -1.99. The number of hydrogen-bond donors (Lipinski definition) is 2. The predicted molar refractivity (Wildman–Crippen MR) is 84.2 cm³/mol. The maximum Gasteiger partial charge on any atom is 0.272 e. The van der Waals surface area contributed by atoms with E-state index < -0.39 is 5.91 Å². The van der Waals surface area contributed by atoms with Crippen LogP contribution >= 0.6 is 22.9 Å². The molecule has 0 saturated carbocycles. The summed E-state index contributed by atoms with van der Waals surface area (Å²) >= 11 is 7.41. The van der Waals surface area contributed by atoms with Gasteiger partial charge in [0.25, 0.3) is 5.91 Å². The molecule has 0 aliphatic rings. The van der Waals surface area contributed by atoms with Crippen LogP contribution in [0.3, 0.4) is 0 Å². The molecule has 1 atom stereocenters. The Labute approximate surface area is 131 Å². The summed E-state index contributed by atoms with van der Waals surface area (Å²) < 4.78 is 0. The van der Waals surface area contributed by atoms with Crippen molar-refractivity contribution in [2.75, 3.05) is 5.73 Å². The first-order chi connectivity index (χ1) is 9.90. The van der Waals surface area contributed by atoms with Crippen molar-refractivity contribution in [2.24, 2.45) is 0 Å². The van der Waals surface area contributed by atoms with Crippen molar-refractivity contribution in [2.45, 2.75) is 19.9 Å². The average Bonchev–Trinajstić information content (AvgIpc) is 2.91. The van der Waals surface area contributed by atoms with Gasteiger partial charge in [-0.25, -0.2) is 15.0 Å². The Bertz CT molecular complexity index is 700. The third-order valence-electron chi connectivity index (χ3n) is 2.69. The molecule has 2 aromatic heterocycles. The molecule has 21 heavy (non-hydrogen) atoms. The van der Waals surface area contributed by atoms with Gasteiger partial charge in [0.1, 0.15) is 22.2 Å². The number of nitrogen functional groups attached to an aromatic ring is 1. The lowest BCUT2D eigenvalue weighted by Gasteiger charge is -2.11. The van der Waals surface area contributed by atoms with E-state index in [4.69, 9.17) is 17.3 Å². The molecule has 0 aliphatic carbocycles. The van der Waals surface area contributed by atoms with Crippen LogP contribution in [0.5, 0.6) is 0 Å². The number of rotatable bonds is 4. The van der Waals surface area contributed by atoms with E-state index in [1.807, 2.05) is 13.8 Å². The molecule has 0 fully saturated rings. The molecule has 0 aliphatic heterocycles. The number of nitrogens with one attached hydrogen (secondary N) is 1. The lowest BCUT2D eigenvalue weighted by Crippen LogP contribution is -2.28. The quantitative estimate of drug-likeness (QED) is 0.902. The van der Waals surface area contributed by atoms with Gasteiger partial charge in [0, 0.05) is 11.1 Å². The zero-order valence-electron chi connectivity index (χ0n) is 11.6. The largest absolute Gasteiger partial charge is 0.382 e. The fraction of sp³-hybridized carbons (Fsp3) is 0.231. The molecular formula is C13H14ClN5OS. The third-order valence-corrected chi connectivity index (χ3v) is 4.41. The van der Waals surface area contributed by atoms with Gasteiger partial charge in [0.05, 0.1) is 6.04 Å². The Kier molecular flexibility index (Phi) is 4.54. The van der Waals surface area contributed by atoms with E-state index in [0.717, 1.165) is 15.5 Å². The Morgan fingerprint density at radius 3 is 2.81 bits per heavy atom. The van der Waals surface area contributed by atoms with E-state index in [1.165, 1.54) is 17.7 Å². The van der Waals surface area contributed by atoms with Crippen molar-refractivity contribution in [3.63, 3.8) is 0 Å². The number of allylic oxidation sites excluding steroid dienone is 1. The van der Waals surface area contributed by atoms with Crippen molar-refractivity contribution in [1.29, 1.82) is 0 Å². The summed E-state index contributed by atoms with van der Waals surface area (Å²) in [6.07, 6.45) is 2.93. The molecule has 3 N–H and O–H groups in total. The second-order valence-corrected chi connectivity index (χ2v) is 5.90. The lowest BCUT2D eigenvalue weighted by atomic mass is 10.3. The minimum Gasteiger partial charge on any atom is -0.382 e. The average molecular weight is 324 g/mol. The number of anilines is 1. The van der Waals surface area contributed by atoms with E-state index in [0.29, 0.717) is 0 Å². The molecule has 2 heterocycles. The number of halogens is 1. The number of aromatic nitrogens is 3. The fourth-order valence-corrected chi connectivity index (χ4v) is 2.58. The maximum absolute atomic E-state index is 12.2. The maximum atomic E-state index is 12.2. The number of nitrogens with zero attached hydrogens (tertiary/aromatic N) is 3. The highest BCUT2D eigenvalue weighted by atomic mass is 35.5. The van der Waals surface area contributed by atoms with E-state index >= 15 is 0 Å². The van der Waals surface area contributed by atoms with Gasteiger partial charge >= 0.3 is 0 Å². The number of hydrogen-bond acceptors (Lipinski definition) is 6. The van der Waals surface area contributed by atoms with E-state index in [2.05, 4.69) is 26.8 Å². The SMILES string of the molecule is C=C(C)c1cnc([C@@H](C)NC(=O)c2ncnc(N)c2Cl)s1. The smallest absolute Gasteiger partial charge is 0.272 e. The van der Waals surface area contributed by atoms with E-state index in [-0.39, 0.29) is 22.6 Å². The van der Waals surface area contributed by atoms with Gasteiger partial charge in [-0.2, -0.15) is 0 Å². The van der Waals surface area contributed by atoms with Gasteiger partial charge in [0.2, 0.25) is 0 Å². The number of carbonyl (C=O) groups excluding carboxylic acids is 1. The molecule has 0 aromatic carbocycles. The molecule has 0 radical (unpaired) electrons. The summed E-state index contributed by atoms with van der Waals surface area (Å²) in [7, 11) is 0. The molecule has 2 aromatic rings. The molecule has 0 unspecified atom stereocenters. The summed E-state index contributed by atoms with van der Waals surface area (Å²) in [4.78, 5) is 25.0. The second-order valence-electron chi connectivity index (χ2n) is 4.46. The molecule has 2 rings (SSSR count). The summed E-state index contributed by atoms with van der Waals surface area (Å²) in [5, 5.41) is 3.60. The van der Waals surface area contributed by atoms with Gasteiger partial charge in [-0.15, -0.1) is 11.3 Å². The lowest BCUT2D eigenvalue weighted by molar-refractivity contribution is 0.0935. The molecule has 110 valence electrons. The highest BCUT2D eigenvalue weighted by Gasteiger charge is 2.19. The van der Waals surface area contributed by atoms with Gasteiger partial charge in [0.15, 0.2) is 5.69 Å². The number of carbonyl (C=O) groups is 1. The molecule has 1 amide bonds. The molecule has 0 spiro atoms. The molecule has 6 nitrogen and oxygen atoms in total. The van der Waals surface area contributed by atoms with Crippen molar-refractivity contribution in [3.8, 4) is 0 Å². The van der Waals surface area contributed by atoms with Crippen LogP contribution in [0, 0.1) is 0 Å². The molecular weight excluding hydrogens is 310 g/mol. The van der Waals surface area contributed by atoms with Gasteiger partial charge in [-0.1, -0.05) is 18.2 Å². The Morgan fingerprint density at radius 2 is 2.19 bits per heavy atom.